The normalized spacial score (nSPS) is 14.2. The number of aryl methyl sites for hydroxylation is 1. The minimum absolute atomic E-state index is 0.0309. The third-order valence-electron chi connectivity index (χ3n) is 3.10. The van der Waals surface area contributed by atoms with Gasteiger partial charge in [0.2, 0.25) is 0 Å². The lowest BCUT2D eigenvalue weighted by Gasteiger charge is -2.15. The van der Waals surface area contributed by atoms with Crippen molar-refractivity contribution in [1.82, 2.24) is 15.4 Å². The molecule has 8 nitrogen and oxygen atoms in total. The van der Waals surface area contributed by atoms with Crippen molar-refractivity contribution in [3.8, 4) is 0 Å². The van der Waals surface area contributed by atoms with Gasteiger partial charge < -0.3 is 10.7 Å². The topological polar surface area (TPSA) is 133 Å². The Hall–Kier alpha value is -2.22. The maximum absolute atomic E-state index is 11.7. The van der Waals surface area contributed by atoms with Crippen LogP contribution in [-0.4, -0.2) is 28.1 Å². The van der Waals surface area contributed by atoms with E-state index in [1.165, 1.54) is 6.21 Å². The maximum atomic E-state index is 11.7. The third kappa shape index (κ3) is 3.89. The van der Waals surface area contributed by atoms with Crippen LogP contribution in [0.3, 0.4) is 0 Å². The number of rotatable bonds is 5. The van der Waals surface area contributed by atoms with Gasteiger partial charge in [0.15, 0.2) is 0 Å². The lowest BCUT2D eigenvalue weighted by Crippen LogP contribution is -2.42. The zero-order chi connectivity index (χ0) is 15.3. The van der Waals surface area contributed by atoms with Gasteiger partial charge in [-0.25, -0.2) is 10.2 Å². The largest absolute Gasteiger partial charge is 0.325 e. The number of nitrogens with zero attached hydrogens (tertiary/aromatic N) is 1. The summed E-state index contributed by atoms with van der Waals surface area (Å²) in [6, 6.07) is -0.660. The third-order valence-corrected chi connectivity index (χ3v) is 3.10. The molecule has 8 heteroatoms. The summed E-state index contributed by atoms with van der Waals surface area (Å²) in [6.07, 6.45) is 1.95. The number of nitrogens with two attached hydrogens (primary N) is 1. The molecule has 1 heterocycles. The van der Waals surface area contributed by atoms with E-state index < -0.39 is 23.2 Å². The number of H-pyrrole nitrogens is 2. The van der Waals surface area contributed by atoms with Crippen molar-refractivity contribution < 1.29 is 4.79 Å². The second-order valence-electron chi connectivity index (χ2n) is 4.59. The van der Waals surface area contributed by atoms with Gasteiger partial charge in [-0.3, -0.25) is 14.6 Å². The van der Waals surface area contributed by atoms with E-state index in [9.17, 15) is 14.4 Å². The number of hydrazone groups is 1. The highest BCUT2D eigenvalue weighted by atomic mass is 16.2. The van der Waals surface area contributed by atoms with E-state index in [1.54, 1.807) is 6.92 Å². The Kier molecular flexibility index (Phi) is 5.39. The first kappa shape index (κ1) is 15.8. The molecule has 0 aromatic carbocycles. The summed E-state index contributed by atoms with van der Waals surface area (Å²) in [7, 11) is 0. The Labute approximate surface area is 115 Å². The Bertz CT molecular complexity index is 616. The van der Waals surface area contributed by atoms with Gasteiger partial charge in [0.1, 0.15) is 0 Å². The van der Waals surface area contributed by atoms with Crippen molar-refractivity contribution in [2.24, 2.45) is 16.8 Å². The van der Waals surface area contributed by atoms with E-state index in [0.29, 0.717) is 5.69 Å². The average molecular weight is 281 g/mol. The fourth-order valence-electron chi connectivity index (χ4n) is 1.51. The Balaban J connectivity index is 2.78. The molecule has 1 aromatic heterocycles. The molecule has 0 aliphatic heterocycles. The number of carbonyl (C=O) groups is 1. The van der Waals surface area contributed by atoms with Crippen LogP contribution in [0.5, 0.6) is 0 Å². The molecule has 1 aromatic rings. The first-order valence-corrected chi connectivity index (χ1v) is 6.28. The second kappa shape index (κ2) is 6.80. The molecule has 1 rings (SSSR count). The summed E-state index contributed by atoms with van der Waals surface area (Å²) in [5, 5.41) is 3.68. The van der Waals surface area contributed by atoms with Gasteiger partial charge in [0.25, 0.3) is 11.5 Å². The van der Waals surface area contributed by atoms with Gasteiger partial charge in [-0.1, -0.05) is 20.3 Å². The lowest BCUT2D eigenvalue weighted by molar-refractivity contribution is -0.123. The summed E-state index contributed by atoms with van der Waals surface area (Å²) in [5.41, 5.74) is 7.37. The van der Waals surface area contributed by atoms with Gasteiger partial charge in [0.05, 0.1) is 17.8 Å². The minimum atomic E-state index is -0.660. The van der Waals surface area contributed by atoms with E-state index in [-0.39, 0.29) is 11.5 Å². The fraction of sp³-hybridized carbons (Fsp3) is 0.500. The Morgan fingerprint density at radius 2 is 2.10 bits per heavy atom. The van der Waals surface area contributed by atoms with Gasteiger partial charge in [-0.2, -0.15) is 5.10 Å². The van der Waals surface area contributed by atoms with Crippen LogP contribution in [0.15, 0.2) is 14.7 Å². The molecule has 20 heavy (non-hydrogen) atoms. The van der Waals surface area contributed by atoms with Crippen LogP contribution in [0.2, 0.25) is 0 Å². The van der Waals surface area contributed by atoms with Crippen molar-refractivity contribution in [2.45, 2.75) is 33.2 Å². The zero-order valence-corrected chi connectivity index (χ0v) is 11.7. The second-order valence-corrected chi connectivity index (χ2v) is 4.59. The molecule has 0 radical (unpaired) electrons. The minimum Gasteiger partial charge on any atom is -0.320 e. The summed E-state index contributed by atoms with van der Waals surface area (Å²) in [6.45, 7) is 5.36. The average Bonchev–Trinajstić information content (AvgIpc) is 2.39. The van der Waals surface area contributed by atoms with E-state index in [4.69, 9.17) is 5.73 Å². The molecule has 0 saturated heterocycles. The van der Waals surface area contributed by atoms with E-state index in [0.717, 1.165) is 6.42 Å². The summed E-state index contributed by atoms with van der Waals surface area (Å²) in [5.74, 6) is -0.391. The van der Waals surface area contributed by atoms with Crippen molar-refractivity contribution >= 4 is 12.1 Å². The molecule has 5 N–H and O–H groups in total. The maximum Gasteiger partial charge on any atom is 0.325 e. The molecule has 0 aliphatic carbocycles. The van der Waals surface area contributed by atoms with Gasteiger partial charge >= 0.3 is 5.69 Å². The van der Waals surface area contributed by atoms with Crippen LogP contribution in [0.1, 0.15) is 31.5 Å². The monoisotopic (exact) mass is 281 g/mol. The predicted octanol–water partition coefficient (Wildman–Crippen LogP) is -0.805. The summed E-state index contributed by atoms with van der Waals surface area (Å²) >= 11 is 0. The number of nitrogens with one attached hydrogen (secondary N) is 3. The van der Waals surface area contributed by atoms with Crippen LogP contribution < -0.4 is 22.4 Å². The number of hydrogen-bond acceptors (Lipinski definition) is 5. The highest BCUT2D eigenvalue weighted by Crippen LogP contribution is 2.04. The Morgan fingerprint density at radius 3 is 2.65 bits per heavy atom. The smallest absolute Gasteiger partial charge is 0.320 e. The number of amides is 1. The van der Waals surface area contributed by atoms with E-state index >= 15 is 0 Å². The first-order valence-electron chi connectivity index (χ1n) is 6.28. The highest BCUT2D eigenvalue weighted by Gasteiger charge is 2.18. The highest BCUT2D eigenvalue weighted by molar-refractivity contribution is 5.85. The van der Waals surface area contributed by atoms with Crippen LogP contribution in [-0.2, 0) is 4.79 Å². The van der Waals surface area contributed by atoms with Crippen molar-refractivity contribution in [3.05, 3.63) is 32.1 Å². The van der Waals surface area contributed by atoms with Gasteiger partial charge in [-0.05, 0) is 12.8 Å². The number of carbonyl (C=O) groups excluding carboxylic acids is 1. The van der Waals surface area contributed by atoms with Gasteiger partial charge in [-0.15, -0.1) is 0 Å². The summed E-state index contributed by atoms with van der Waals surface area (Å²) in [4.78, 5) is 38.7. The van der Waals surface area contributed by atoms with Crippen LogP contribution >= 0.6 is 0 Å². The molecule has 0 spiro atoms. The SMILES string of the molecule is CCC(C)C(N)C(=O)NN=Cc1c(C)[nH]c(=O)[nH]c1=O. The molecular formula is C12H19N5O3. The van der Waals surface area contributed by atoms with Crippen LogP contribution in [0, 0.1) is 12.8 Å². The first-order chi connectivity index (χ1) is 9.36. The molecule has 0 fully saturated rings. The van der Waals surface area contributed by atoms with Crippen molar-refractivity contribution in [2.75, 3.05) is 0 Å². The van der Waals surface area contributed by atoms with E-state index in [2.05, 4.69) is 20.5 Å². The number of hydrogen-bond donors (Lipinski definition) is 4. The molecule has 2 atom stereocenters. The molecular weight excluding hydrogens is 262 g/mol. The quantitative estimate of drug-likeness (QED) is 0.415. The van der Waals surface area contributed by atoms with Crippen LogP contribution in [0.4, 0.5) is 0 Å². The Morgan fingerprint density at radius 1 is 1.45 bits per heavy atom. The molecule has 1 amide bonds. The molecule has 0 bridgehead atoms. The fourth-order valence-corrected chi connectivity index (χ4v) is 1.51. The number of aromatic amines is 2. The molecule has 110 valence electrons. The summed E-state index contributed by atoms with van der Waals surface area (Å²) < 4.78 is 0. The molecule has 2 unspecified atom stereocenters. The standard InChI is InChI=1S/C12H19N5O3/c1-4-6(2)9(13)11(19)17-14-5-8-7(3)15-12(20)16-10(8)18/h5-6,9H,4,13H2,1-3H3,(H,17,19)(H2,15,16,18,20). The lowest BCUT2D eigenvalue weighted by atomic mass is 10.00. The van der Waals surface area contributed by atoms with Crippen molar-refractivity contribution in [3.63, 3.8) is 0 Å². The number of aromatic nitrogens is 2. The van der Waals surface area contributed by atoms with Gasteiger partial charge in [0, 0.05) is 5.69 Å². The van der Waals surface area contributed by atoms with Crippen molar-refractivity contribution in [1.29, 1.82) is 0 Å². The predicted molar refractivity (Wildman–Crippen MR) is 75.6 cm³/mol. The zero-order valence-electron chi connectivity index (χ0n) is 11.7. The molecule has 0 saturated carbocycles. The molecule has 0 aliphatic rings. The van der Waals surface area contributed by atoms with E-state index in [1.807, 2.05) is 13.8 Å². The van der Waals surface area contributed by atoms with Crippen LogP contribution in [0.25, 0.3) is 0 Å².